The number of benzene rings is 1. The number of carbonyl (C=O) groups excluding carboxylic acids is 2. The Labute approximate surface area is 104 Å². The summed E-state index contributed by atoms with van der Waals surface area (Å²) >= 11 is 0. The Morgan fingerprint density at radius 2 is 2.00 bits per heavy atom. The summed E-state index contributed by atoms with van der Waals surface area (Å²) in [5.41, 5.74) is 1.50. The fraction of sp³-hybridized carbons (Fsp3) is 0.231. The molecule has 0 radical (unpaired) electrons. The third-order valence-corrected chi connectivity index (χ3v) is 2.54. The molecule has 94 valence electrons. The predicted molar refractivity (Wildman–Crippen MR) is 65.6 cm³/mol. The van der Waals surface area contributed by atoms with E-state index in [1.165, 1.54) is 7.11 Å². The molecule has 5 nitrogen and oxygen atoms in total. The minimum absolute atomic E-state index is 0.328. The van der Waals surface area contributed by atoms with Crippen LogP contribution in [0.15, 0.2) is 24.3 Å². The van der Waals surface area contributed by atoms with Gasteiger partial charge in [0.05, 0.1) is 19.3 Å². The molecule has 0 saturated heterocycles. The molecule has 0 unspecified atom stereocenters. The maximum absolute atomic E-state index is 11.6. The second-order valence-electron chi connectivity index (χ2n) is 3.70. The lowest BCUT2D eigenvalue weighted by atomic mass is 10.1. The van der Waals surface area contributed by atoms with Crippen molar-refractivity contribution < 1.29 is 19.1 Å². The van der Waals surface area contributed by atoms with Gasteiger partial charge in [-0.15, -0.1) is 0 Å². The summed E-state index contributed by atoms with van der Waals surface area (Å²) in [7, 11) is 1.32. The molecule has 5 heteroatoms. The minimum atomic E-state index is -0.441. The first-order valence-corrected chi connectivity index (χ1v) is 5.54. The van der Waals surface area contributed by atoms with E-state index in [4.69, 9.17) is 4.74 Å². The van der Waals surface area contributed by atoms with Gasteiger partial charge in [0, 0.05) is 10.9 Å². The van der Waals surface area contributed by atoms with E-state index in [0.717, 1.165) is 5.39 Å². The standard InChI is InChI=1S/C13H13NO4/c1-3-18-12(15)9-5-4-8-6-11(13(16)17-2)14-10(8)7-9/h4-7,14H,3H2,1-2H3. The lowest BCUT2D eigenvalue weighted by Gasteiger charge is -2.01. The van der Waals surface area contributed by atoms with Crippen molar-refractivity contribution in [2.24, 2.45) is 0 Å². The predicted octanol–water partition coefficient (Wildman–Crippen LogP) is 2.13. The molecular formula is C13H13NO4. The van der Waals surface area contributed by atoms with E-state index in [2.05, 4.69) is 9.72 Å². The molecule has 0 fully saturated rings. The highest BCUT2D eigenvalue weighted by molar-refractivity contribution is 5.98. The van der Waals surface area contributed by atoms with Gasteiger partial charge in [-0.05, 0) is 25.1 Å². The monoisotopic (exact) mass is 247 g/mol. The van der Waals surface area contributed by atoms with Crippen molar-refractivity contribution in [3.63, 3.8) is 0 Å². The number of fused-ring (bicyclic) bond motifs is 1. The normalized spacial score (nSPS) is 10.3. The van der Waals surface area contributed by atoms with Gasteiger partial charge in [0.2, 0.25) is 0 Å². The van der Waals surface area contributed by atoms with Crippen LogP contribution >= 0.6 is 0 Å². The molecule has 2 rings (SSSR count). The number of nitrogens with one attached hydrogen (secondary N) is 1. The van der Waals surface area contributed by atoms with Crippen LogP contribution in [0.4, 0.5) is 0 Å². The number of aromatic nitrogens is 1. The molecular weight excluding hydrogens is 234 g/mol. The Morgan fingerprint density at radius 3 is 2.67 bits per heavy atom. The van der Waals surface area contributed by atoms with Gasteiger partial charge in [-0.1, -0.05) is 6.07 Å². The average molecular weight is 247 g/mol. The summed E-state index contributed by atoms with van der Waals surface area (Å²) < 4.78 is 9.53. The number of hydrogen-bond donors (Lipinski definition) is 1. The molecule has 0 saturated carbocycles. The lowest BCUT2D eigenvalue weighted by Crippen LogP contribution is -2.04. The van der Waals surface area contributed by atoms with E-state index >= 15 is 0 Å². The third-order valence-electron chi connectivity index (χ3n) is 2.54. The molecule has 0 atom stereocenters. The average Bonchev–Trinajstić information content (AvgIpc) is 2.80. The van der Waals surface area contributed by atoms with Crippen LogP contribution in [0.5, 0.6) is 0 Å². The summed E-state index contributed by atoms with van der Waals surface area (Å²) in [4.78, 5) is 25.8. The highest BCUT2D eigenvalue weighted by Gasteiger charge is 2.12. The first kappa shape index (κ1) is 12.2. The van der Waals surface area contributed by atoms with Crippen LogP contribution < -0.4 is 0 Å². The highest BCUT2D eigenvalue weighted by Crippen LogP contribution is 2.18. The van der Waals surface area contributed by atoms with Gasteiger partial charge >= 0.3 is 11.9 Å². The first-order chi connectivity index (χ1) is 8.65. The van der Waals surface area contributed by atoms with Crippen LogP contribution in [0.25, 0.3) is 10.9 Å². The molecule has 0 aliphatic rings. The molecule has 1 aromatic carbocycles. The lowest BCUT2D eigenvalue weighted by molar-refractivity contribution is 0.0525. The molecule has 0 aliphatic carbocycles. The Balaban J connectivity index is 2.39. The van der Waals surface area contributed by atoms with Gasteiger partial charge in [-0.3, -0.25) is 0 Å². The summed E-state index contributed by atoms with van der Waals surface area (Å²) in [6.45, 7) is 2.08. The number of rotatable bonds is 3. The smallest absolute Gasteiger partial charge is 0.354 e. The molecule has 2 aromatic rings. The van der Waals surface area contributed by atoms with Crippen molar-refractivity contribution in [2.45, 2.75) is 6.92 Å². The Hall–Kier alpha value is -2.30. The summed E-state index contributed by atoms with van der Waals surface area (Å²) in [5, 5.41) is 0.837. The van der Waals surface area contributed by atoms with Crippen LogP contribution in [0, 0.1) is 0 Å². The number of hydrogen-bond acceptors (Lipinski definition) is 4. The van der Waals surface area contributed by atoms with Crippen LogP contribution in [-0.4, -0.2) is 30.6 Å². The Kier molecular flexibility index (Phi) is 3.32. The van der Waals surface area contributed by atoms with E-state index in [1.54, 1.807) is 31.2 Å². The quantitative estimate of drug-likeness (QED) is 0.843. The largest absolute Gasteiger partial charge is 0.464 e. The second kappa shape index (κ2) is 4.91. The van der Waals surface area contributed by atoms with Crippen LogP contribution in [0.3, 0.4) is 0 Å². The number of H-pyrrole nitrogens is 1. The molecule has 0 spiro atoms. The van der Waals surface area contributed by atoms with Crippen molar-refractivity contribution in [1.29, 1.82) is 0 Å². The van der Waals surface area contributed by atoms with E-state index in [0.29, 0.717) is 23.4 Å². The van der Waals surface area contributed by atoms with Crippen molar-refractivity contribution in [1.82, 2.24) is 4.98 Å². The Bertz CT molecular complexity index is 600. The van der Waals surface area contributed by atoms with Gasteiger partial charge in [0.15, 0.2) is 0 Å². The van der Waals surface area contributed by atoms with Crippen LogP contribution in [0.1, 0.15) is 27.8 Å². The molecule has 0 amide bonds. The zero-order valence-electron chi connectivity index (χ0n) is 10.1. The number of carbonyl (C=O) groups is 2. The van der Waals surface area contributed by atoms with Gasteiger partial charge in [0.1, 0.15) is 5.69 Å². The highest BCUT2D eigenvalue weighted by atomic mass is 16.5. The van der Waals surface area contributed by atoms with E-state index in [-0.39, 0.29) is 5.97 Å². The van der Waals surface area contributed by atoms with Crippen LogP contribution in [0.2, 0.25) is 0 Å². The third kappa shape index (κ3) is 2.20. The van der Waals surface area contributed by atoms with Gasteiger partial charge in [0.25, 0.3) is 0 Å². The second-order valence-corrected chi connectivity index (χ2v) is 3.70. The van der Waals surface area contributed by atoms with Gasteiger partial charge in [-0.2, -0.15) is 0 Å². The van der Waals surface area contributed by atoms with Crippen LogP contribution in [-0.2, 0) is 9.47 Å². The molecule has 0 bridgehead atoms. The summed E-state index contributed by atoms with van der Waals surface area (Å²) in [5.74, 6) is -0.822. The molecule has 0 aliphatic heterocycles. The maximum atomic E-state index is 11.6. The molecule has 1 heterocycles. The summed E-state index contributed by atoms with van der Waals surface area (Å²) in [6.07, 6.45) is 0. The Morgan fingerprint density at radius 1 is 1.22 bits per heavy atom. The minimum Gasteiger partial charge on any atom is -0.464 e. The number of aromatic amines is 1. The summed E-state index contributed by atoms with van der Waals surface area (Å²) in [6, 6.07) is 6.75. The van der Waals surface area contributed by atoms with E-state index < -0.39 is 5.97 Å². The fourth-order valence-electron chi connectivity index (χ4n) is 1.69. The maximum Gasteiger partial charge on any atom is 0.354 e. The number of esters is 2. The molecule has 18 heavy (non-hydrogen) atoms. The van der Waals surface area contributed by atoms with Crippen molar-refractivity contribution in [2.75, 3.05) is 13.7 Å². The van der Waals surface area contributed by atoms with Crippen molar-refractivity contribution in [3.05, 3.63) is 35.5 Å². The first-order valence-electron chi connectivity index (χ1n) is 5.54. The number of methoxy groups -OCH3 is 1. The van der Waals surface area contributed by atoms with E-state index in [9.17, 15) is 9.59 Å². The number of ether oxygens (including phenoxy) is 2. The fourth-order valence-corrected chi connectivity index (χ4v) is 1.69. The SMILES string of the molecule is CCOC(=O)c1ccc2cc(C(=O)OC)[nH]c2c1. The zero-order chi connectivity index (χ0) is 13.1. The molecule has 1 aromatic heterocycles. The van der Waals surface area contributed by atoms with Gasteiger partial charge in [-0.25, -0.2) is 9.59 Å². The van der Waals surface area contributed by atoms with Crippen molar-refractivity contribution in [3.8, 4) is 0 Å². The topological polar surface area (TPSA) is 68.4 Å². The zero-order valence-corrected chi connectivity index (χ0v) is 10.1. The van der Waals surface area contributed by atoms with Gasteiger partial charge < -0.3 is 14.5 Å². The van der Waals surface area contributed by atoms with E-state index in [1.807, 2.05) is 0 Å². The van der Waals surface area contributed by atoms with Crippen molar-refractivity contribution >= 4 is 22.8 Å². The molecule has 1 N–H and O–H groups in total.